The van der Waals surface area contributed by atoms with Gasteiger partial charge in [-0.3, -0.25) is 0 Å². The smallest absolute Gasteiger partial charge is 0.456 e. The van der Waals surface area contributed by atoms with Crippen LogP contribution in [0.4, 0.5) is 0 Å². The number of benzene rings is 2. The summed E-state index contributed by atoms with van der Waals surface area (Å²) in [7, 11) is -2.46. The largest absolute Gasteiger partial charge is 0.496 e. The van der Waals surface area contributed by atoms with Crippen molar-refractivity contribution in [2.75, 3.05) is 13.7 Å². The first-order valence-corrected chi connectivity index (χ1v) is 12.7. The van der Waals surface area contributed by atoms with Crippen LogP contribution in [0.2, 0.25) is 0 Å². The SMILES string of the molecule is COc1cccc2c1Sc1ccccc1C=C2OP(=O)(O)NCCCCCCC(C)=O. The minimum absolute atomic E-state index is 0.194. The Morgan fingerprint density at radius 2 is 1.87 bits per heavy atom. The number of hydrogen-bond acceptors (Lipinski definition) is 5. The summed E-state index contributed by atoms with van der Waals surface area (Å²) in [5.74, 6) is 1.20. The third kappa shape index (κ3) is 6.71. The zero-order chi connectivity index (χ0) is 22.3. The van der Waals surface area contributed by atoms with Crippen LogP contribution < -0.4 is 9.82 Å². The Morgan fingerprint density at radius 3 is 2.65 bits per heavy atom. The van der Waals surface area contributed by atoms with E-state index in [0.29, 0.717) is 30.0 Å². The number of hydrogen-bond donors (Lipinski definition) is 2. The van der Waals surface area contributed by atoms with Crippen LogP contribution in [-0.4, -0.2) is 24.3 Å². The van der Waals surface area contributed by atoms with Crippen LogP contribution in [0, 0.1) is 0 Å². The maximum Gasteiger partial charge on any atom is 0.456 e. The van der Waals surface area contributed by atoms with Crippen LogP contribution in [0.1, 0.15) is 50.2 Å². The number of carbonyl (C=O) groups is 1. The van der Waals surface area contributed by atoms with Gasteiger partial charge in [0.15, 0.2) is 0 Å². The Bertz CT molecular complexity index is 1010. The second-order valence-electron chi connectivity index (χ2n) is 7.37. The molecule has 166 valence electrons. The van der Waals surface area contributed by atoms with Gasteiger partial charge in [-0.1, -0.05) is 48.9 Å². The van der Waals surface area contributed by atoms with Crippen LogP contribution in [0.5, 0.6) is 5.75 Å². The summed E-state index contributed by atoms with van der Waals surface area (Å²) in [6, 6.07) is 13.4. The summed E-state index contributed by atoms with van der Waals surface area (Å²) in [5, 5.41) is 2.65. The average molecular weight is 462 g/mol. The fraction of sp³-hybridized carbons (Fsp3) is 0.348. The van der Waals surface area contributed by atoms with Crippen LogP contribution in [-0.2, 0) is 13.9 Å². The van der Waals surface area contributed by atoms with E-state index in [9.17, 15) is 14.3 Å². The summed E-state index contributed by atoms with van der Waals surface area (Å²) in [4.78, 5) is 23.3. The first-order chi connectivity index (χ1) is 14.9. The second-order valence-corrected chi connectivity index (χ2v) is 9.96. The molecule has 0 aromatic heterocycles. The van der Waals surface area contributed by atoms with Gasteiger partial charge in [0.25, 0.3) is 0 Å². The van der Waals surface area contributed by atoms with E-state index in [1.165, 1.54) is 0 Å². The molecule has 1 aliphatic heterocycles. The van der Waals surface area contributed by atoms with Crippen molar-refractivity contribution in [1.82, 2.24) is 5.09 Å². The Kier molecular flexibility index (Phi) is 8.38. The van der Waals surface area contributed by atoms with Crippen LogP contribution in [0.25, 0.3) is 11.8 Å². The van der Waals surface area contributed by atoms with Crippen molar-refractivity contribution in [2.24, 2.45) is 0 Å². The number of rotatable bonds is 11. The molecule has 0 saturated heterocycles. The van der Waals surface area contributed by atoms with Gasteiger partial charge in [0.2, 0.25) is 0 Å². The fourth-order valence-electron chi connectivity index (χ4n) is 3.31. The van der Waals surface area contributed by atoms with Crippen molar-refractivity contribution in [2.45, 2.75) is 48.8 Å². The highest BCUT2D eigenvalue weighted by molar-refractivity contribution is 7.99. The molecule has 0 bridgehead atoms. The van der Waals surface area contributed by atoms with Crippen molar-refractivity contribution in [3.8, 4) is 5.75 Å². The van der Waals surface area contributed by atoms with Crippen molar-refractivity contribution in [3.63, 3.8) is 0 Å². The molecule has 6 nitrogen and oxygen atoms in total. The average Bonchev–Trinajstić information content (AvgIpc) is 2.88. The molecule has 1 aliphatic rings. The van der Waals surface area contributed by atoms with Crippen LogP contribution in [0.3, 0.4) is 0 Å². The van der Waals surface area contributed by atoms with E-state index in [1.54, 1.807) is 31.9 Å². The normalized spacial score (nSPS) is 14.5. The third-order valence-corrected chi connectivity index (χ3v) is 7.16. The third-order valence-electron chi connectivity index (χ3n) is 4.87. The Hall–Kier alpha value is -2.05. The molecule has 0 saturated carbocycles. The molecular weight excluding hydrogens is 433 g/mol. The van der Waals surface area contributed by atoms with Gasteiger partial charge in [-0.15, -0.1) is 0 Å². The molecular formula is C23H28NO5PS. The van der Waals surface area contributed by atoms with Gasteiger partial charge in [0.05, 0.1) is 12.0 Å². The quantitative estimate of drug-likeness (QED) is 0.318. The van der Waals surface area contributed by atoms with Gasteiger partial charge >= 0.3 is 7.75 Å². The van der Waals surface area contributed by atoms with Crippen molar-refractivity contribution < 1.29 is 23.5 Å². The Morgan fingerprint density at radius 1 is 1.10 bits per heavy atom. The number of nitrogens with one attached hydrogen (secondary N) is 1. The molecule has 31 heavy (non-hydrogen) atoms. The highest BCUT2D eigenvalue weighted by Gasteiger charge is 2.27. The minimum Gasteiger partial charge on any atom is -0.496 e. The van der Waals surface area contributed by atoms with Crippen molar-refractivity contribution >= 4 is 37.1 Å². The van der Waals surface area contributed by atoms with Crippen LogP contribution in [0.15, 0.2) is 52.3 Å². The predicted octanol–water partition coefficient (Wildman–Crippen LogP) is 5.90. The molecule has 1 atom stereocenters. The lowest BCUT2D eigenvalue weighted by molar-refractivity contribution is -0.117. The Balaban J connectivity index is 1.71. The molecule has 0 radical (unpaired) electrons. The summed E-state index contributed by atoms with van der Waals surface area (Å²) < 4.78 is 23.9. The van der Waals surface area contributed by atoms with Crippen LogP contribution >= 0.6 is 19.5 Å². The standard InChI is InChI=1S/C23H28NO5PS/c1-17(25)10-5-3-4-8-15-24-30(26,27)29-21-16-18-11-6-7-14-22(18)31-23-19(21)12-9-13-20(23)28-2/h6-7,9,11-14,16H,3-5,8,10,15H2,1-2H3,(H2,24,26,27). The summed E-state index contributed by atoms with van der Waals surface area (Å²) in [5.41, 5.74) is 1.62. The molecule has 2 N–H and O–H groups in total. The zero-order valence-corrected chi connectivity index (χ0v) is 19.5. The lowest BCUT2D eigenvalue weighted by Crippen LogP contribution is -2.13. The predicted molar refractivity (Wildman–Crippen MR) is 124 cm³/mol. The summed E-state index contributed by atoms with van der Waals surface area (Å²) in [6.45, 7) is 1.95. The van der Waals surface area contributed by atoms with Crippen molar-refractivity contribution in [1.29, 1.82) is 0 Å². The fourth-order valence-corrected chi connectivity index (χ4v) is 5.38. The van der Waals surface area contributed by atoms with Gasteiger partial charge in [-0.2, -0.15) is 0 Å². The van der Waals surface area contributed by atoms with E-state index in [0.717, 1.165) is 41.0 Å². The number of unbranched alkanes of at least 4 members (excludes halogenated alkanes) is 3. The van der Waals surface area contributed by atoms with Gasteiger partial charge in [-0.25, -0.2) is 9.65 Å². The molecule has 0 aliphatic carbocycles. The highest BCUT2D eigenvalue weighted by Crippen LogP contribution is 2.50. The van der Waals surface area contributed by atoms with Gasteiger partial charge < -0.3 is 18.9 Å². The van der Waals surface area contributed by atoms with E-state index >= 15 is 0 Å². The molecule has 1 unspecified atom stereocenters. The molecule has 1 heterocycles. The molecule has 0 fully saturated rings. The van der Waals surface area contributed by atoms with E-state index in [-0.39, 0.29) is 5.78 Å². The maximum absolute atomic E-state index is 12.7. The lowest BCUT2D eigenvalue weighted by atomic mass is 10.1. The number of methoxy groups -OCH3 is 1. The molecule has 3 rings (SSSR count). The molecule has 0 amide bonds. The number of ether oxygens (including phenoxy) is 1. The molecule has 2 aromatic carbocycles. The highest BCUT2D eigenvalue weighted by atomic mass is 32.2. The van der Waals surface area contributed by atoms with E-state index in [4.69, 9.17) is 9.26 Å². The minimum atomic E-state index is -4.07. The lowest BCUT2D eigenvalue weighted by Gasteiger charge is -2.18. The Labute approximate surface area is 187 Å². The summed E-state index contributed by atoms with van der Waals surface area (Å²) in [6.07, 6.45) is 5.77. The second kappa shape index (κ2) is 11.0. The van der Waals surface area contributed by atoms with Gasteiger partial charge in [0, 0.05) is 23.4 Å². The maximum atomic E-state index is 12.7. The molecule has 8 heteroatoms. The number of Topliss-reactive ketones (excluding diaryl/α,β-unsaturated/α-hetero) is 1. The molecule has 0 spiro atoms. The van der Waals surface area contributed by atoms with Crippen molar-refractivity contribution in [3.05, 3.63) is 53.6 Å². The number of ketones is 1. The first-order valence-electron chi connectivity index (χ1n) is 10.3. The van der Waals surface area contributed by atoms with Gasteiger partial charge in [-0.05, 0) is 49.6 Å². The zero-order valence-electron chi connectivity index (χ0n) is 17.8. The summed E-state index contributed by atoms with van der Waals surface area (Å²) >= 11 is 1.54. The van der Waals surface area contributed by atoms with E-state index in [2.05, 4.69) is 5.09 Å². The first kappa shape index (κ1) is 23.6. The topological polar surface area (TPSA) is 84.9 Å². The monoisotopic (exact) mass is 461 g/mol. The number of carbonyl (C=O) groups excluding carboxylic acids is 1. The molecule has 2 aromatic rings. The number of fused-ring (bicyclic) bond motifs is 2. The van der Waals surface area contributed by atoms with Gasteiger partial charge in [0.1, 0.15) is 17.3 Å². The van der Waals surface area contributed by atoms with E-state index < -0.39 is 7.75 Å². The van der Waals surface area contributed by atoms with E-state index in [1.807, 2.05) is 42.5 Å².